The first kappa shape index (κ1) is 16.7. The van der Waals surface area contributed by atoms with Crippen molar-refractivity contribution in [3.63, 3.8) is 0 Å². The molecule has 2 N–H and O–H groups in total. The number of nitrogens with one attached hydrogen (secondary N) is 2. The molecule has 0 radical (unpaired) electrons. The van der Waals surface area contributed by atoms with Crippen molar-refractivity contribution in [3.8, 4) is 0 Å². The van der Waals surface area contributed by atoms with Crippen molar-refractivity contribution in [2.24, 2.45) is 0 Å². The number of amides is 1. The summed E-state index contributed by atoms with van der Waals surface area (Å²) in [6, 6.07) is 11.7. The average molecular weight is 382 g/mol. The second kappa shape index (κ2) is 6.39. The van der Waals surface area contributed by atoms with E-state index in [1.54, 1.807) is 42.5 Å². The van der Waals surface area contributed by atoms with Crippen molar-refractivity contribution in [1.82, 2.24) is 4.98 Å². The van der Waals surface area contributed by atoms with Gasteiger partial charge in [-0.2, -0.15) is 0 Å². The van der Waals surface area contributed by atoms with E-state index in [0.29, 0.717) is 21.8 Å². The van der Waals surface area contributed by atoms with Crippen LogP contribution in [-0.2, 0) is 10.0 Å². The summed E-state index contributed by atoms with van der Waals surface area (Å²) >= 11 is 7.00. The van der Waals surface area contributed by atoms with E-state index in [2.05, 4.69) is 15.0 Å². The highest BCUT2D eigenvalue weighted by molar-refractivity contribution is 7.92. The van der Waals surface area contributed by atoms with Gasteiger partial charge >= 0.3 is 0 Å². The third kappa shape index (κ3) is 4.02. The third-order valence-electron chi connectivity index (χ3n) is 3.03. The van der Waals surface area contributed by atoms with Crippen molar-refractivity contribution < 1.29 is 13.2 Å². The highest BCUT2D eigenvalue weighted by Crippen LogP contribution is 2.29. The first-order valence-electron chi connectivity index (χ1n) is 6.75. The van der Waals surface area contributed by atoms with Crippen molar-refractivity contribution in [3.05, 3.63) is 53.1 Å². The van der Waals surface area contributed by atoms with Crippen LogP contribution < -0.4 is 10.0 Å². The van der Waals surface area contributed by atoms with E-state index < -0.39 is 10.0 Å². The average Bonchev–Trinajstić information content (AvgIpc) is 2.87. The van der Waals surface area contributed by atoms with Gasteiger partial charge in [-0.3, -0.25) is 9.52 Å². The Morgan fingerprint density at radius 3 is 2.54 bits per heavy atom. The van der Waals surface area contributed by atoms with Crippen LogP contribution in [0.25, 0.3) is 10.2 Å². The van der Waals surface area contributed by atoms with Crippen LogP contribution in [-0.4, -0.2) is 25.6 Å². The fourth-order valence-electron chi connectivity index (χ4n) is 2.01. The molecule has 1 amide bonds. The molecule has 3 rings (SSSR count). The lowest BCUT2D eigenvalue weighted by Gasteiger charge is -2.05. The molecular weight excluding hydrogens is 370 g/mol. The summed E-state index contributed by atoms with van der Waals surface area (Å²) in [7, 11) is -3.38. The van der Waals surface area contributed by atoms with Crippen LogP contribution in [0.3, 0.4) is 0 Å². The van der Waals surface area contributed by atoms with Gasteiger partial charge in [0.15, 0.2) is 5.13 Å². The molecule has 6 nitrogen and oxygen atoms in total. The van der Waals surface area contributed by atoms with E-state index in [-0.39, 0.29) is 11.0 Å². The van der Waals surface area contributed by atoms with Crippen molar-refractivity contribution in [2.45, 2.75) is 0 Å². The van der Waals surface area contributed by atoms with E-state index >= 15 is 0 Å². The zero-order chi connectivity index (χ0) is 17.3. The van der Waals surface area contributed by atoms with E-state index in [9.17, 15) is 13.2 Å². The van der Waals surface area contributed by atoms with Crippen LogP contribution in [0.4, 0.5) is 10.8 Å². The molecule has 3 aromatic rings. The number of aromatic nitrogens is 1. The summed E-state index contributed by atoms with van der Waals surface area (Å²) in [6.45, 7) is 0. The number of hydrogen-bond donors (Lipinski definition) is 2. The monoisotopic (exact) mass is 381 g/mol. The van der Waals surface area contributed by atoms with Crippen LogP contribution >= 0.6 is 22.9 Å². The summed E-state index contributed by atoms with van der Waals surface area (Å²) in [4.78, 5) is 16.4. The molecule has 0 fully saturated rings. The highest BCUT2D eigenvalue weighted by atomic mass is 35.5. The van der Waals surface area contributed by atoms with Gasteiger partial charge in [-0.25, -0.2) is 13.4 Å². The fourth-order valence-corrected chi connectivity index (χ4v) is 3.88. The Morgan fingerprint density at radius 1 is 1.17 bits per heavy atom. The third-order valence-corrected chi connectivity index (χ3v) is 4.90. The molecule has 1 aromatic heterocycles. The number of thiazole rings is 1. The smallest absolute Gasteiger partial charge is 0.255 e. The standard InChI is InChI=1S/C15H12ClN3O3S2/c1-24(21,22)19-15-18-12-7-6-11(8-13(12)23-15)17-14(20)9-2-4-10(16)5-3-9/h2-8H,1H3,(H,17,20)(H,18,19). The Hall–Kier alpha value is -2.16. The molecule has 124 valence electrons. The Balaban J connectivity index is 1.82. The number of nitrogens with zero attached hydrogens (tertiary/aromatic N) is 1. The minimum Gasteiger partial charge on any atom is -0.322 e. The van der Waals surface area contributed by atoms with E-state index in [0.717, 1.165) is 11.0 Å². The fraction of sp³-hybridized carbons (Fsp3) is 0.0667. The Morgan fingerprint density at radius 2 is 1.88 bits per heavy atom. The summed E-state index contributed by atoms with van der Waals surface area (Å²) in [5.41, 5.74) is 1.73. The molecule has 9 heteroatoms. The molecule has 2 aromatic carbocycles. The maximum absolute atomic E-state index is 12.2. The molecule has 0 bridgehead atoms. The van der Waals surface area contributed by atoms with Gasteiger partial charge in [0.1, 0.15) is 0 Å². The van der Waals surface area contributed by atoms with Crippen molar-refractivity contribution in [2.75, 3.05) is 16.3 Å². The topological polar surface area (TPSA) is 88.2 Å². The van der Waals surface area contributed by atoms with Gasteiger partial charge < -0.3 is 5.32 Å². The number of fused-ring (bicyclic) bond motifs is 1. The summed E-state index contributed by atoms with van der Waals surface area (Å²) < 4.78 is 25.6. The summed E-state index contributed by atoms with van der Waals surface area (Å²) in [5, 5.41) is 3.63. The number of carbonyl (C=O) groups is 1. The van der Waals surface area contributed by atoms with Crippen LogP contribution in [0.5, 0.6) is 0 Å². The molecule has 0 aliphatic rings. The minimum atomic E-state index is -3.38. The predicted octanol–water partition coefficient (Wildman–Crippen LogP) is 3.57. The lowest BCUT2D eigenvalue weighted by Crippen LogP contribution is -2.11. The summed E-state index contributed by atoms with van der Waals surface area (Å²) in [6.07, 6.45) is 1.07. The van der Waals surface area contributed by atoms with Crippen LogP contribution in [0.15, 0.2) is 42.5 Å². The Kier molecular flexibility index (Phi) is 4.44. The normalized spacial score (nSPS) is 11.4. The van der Waals surface area contributed by atoms with E-state index in [1.807, 2.05) is 0 Å². The van der Waals surface area contributed by atoms with Gasteiger partial charge in [-0.05, 0) is 42.5 Å². The van der Waals surface area contributed by atoms with Crippen molar-refractivity contribution >= 4 is 59.9 Å². The van der Waals surface area contributed by atoms with Gasteiger partial charge in [0.2, 0.25) is 10.0 Å². The minimum absolute atomic E-state index is 0.259. The SMILES string of the molecule is CS(=O)(=O)Nc1nc2ccc(NC(=O)c3ccc(Cl)cc3)cc2s1. The number of halogens is 1. The molecule has 24 heavy (non-hydrogen) atoms. The van der Waals surface area contributed by atoms with Crippen molar-refractivity contribution in [1.29, 1.82) is 0 Å². The van der Waals surface area contributed by atoms with Gasteiger partial charge in [-0.1, -0.05) is 22.9 Å². The lowest BCUT2D eigenvalue weighted by atomic mass is 10.2. The first-order chi connectivity index (χ1) is 11.3. The Labute approximate surface area is 147 Å². The molecular formula is C15H12ClN3O3S2. The van der Waals surface area contributed by atoms with Gasteiger partial charge in [0, 0.05) is 16.3 Å². The molecule has 0 spiro atoms. The maximum Gasteiger partial charge on any atom is 0.255 e. The maximum atomic E-state index is 12.2. The molecule has 0 saturated heterocycles. The first-order valence-corrected chi connectivity index (χ1v) is 9.84. The second-order valence-electron chi connectivity index (χ2n) is 5.04. The molecule has 0 saturated carbocycles. The van der Waals surface area contributed by atoms with Crippen LogP contribution in [0.2, 0.25) is 5.02 Å². The zero-order valence-electron chi connectivity index (χ0n) is 12.4. The van der Waals surface area contributed by atoms with Gasteiger partial charge in [0.25, 0.3) is 5.91 Å². The largest absolute Gasteiger partial charge is 0.322 e. The number of hydrogen-bond acceptors (Lipinski definition) is 5. The number of rotatable bonds is 4. The Bertz CT molecular complexity index is 1010. The number of carbonyl (C=O) groups excluding carboxylic acids is 1. The van der Waals surface area contributed by atoms with Gasteiger partial charge in [-0.15, -0.1) is 0 Å². The zero-order valence-corrected chi connectivity index (χ0v) is 14.8. The quantitative estimate of drug-likeness (QED) is 0.723. The van der Waals surface area contributed by atoms with Gasteiger partial charge in [0.05, 0.1) is 16.5 Å². The van der Waals surface area contributed by atoms with E-state index in [4.69, 9.17) is 11.6 Å². The molecule has 1 heterocycles. The predicted molar refractivity (Wildman–Crippen MR) is 97.5 cm³/mol. The number of anilines is 2. The summed E-state index contributed by atoms with van der Waals surface area (Å²) in [5.74, 6) is -0.259. The number of sulfonamides is 1. The molecule has 0 unspecified atom stereocenters. The lowest BCUT2D eigenvalue weighted by molar-refractivity contribution is 0.102. The van der Waals surface area contributed by atoms with E-state index in [1.165, 1.54) is 11.3 Å². The molecule has 0 atom stereocenters. The molecule has 0 aliphatic carbocycles. The van der Waals surface area contributed by atoms with Crippen LogP contribution in [0.1, 0.15) is 10.4 Å². The second-order valence-corrected chi connectivity index (χ2v) is 8.25. The number of benzene rings is 2. The molecule has 0 aliphatic heterocycles. The van der Waals surface area contributed by atoms with Crippen LogP contribution in [0, 0.1) is 0 Å². The highest BCUT2D eigenvalue weighted by Gasteiger charge is 2.10.